The zero-order valence-electron chi connectivity index (χ0n) is 11.2. The lowest BCUT2D eigenvalue weighted by atomic mass is 10.2. The molecular weight excluding hydrogens is 204 g/mol. The van der Waals surface area contributed by atoms with E-state index >= 15 is 0 Å². The van der Waals surface area contributed by atoms with Crippen molar-refractivity contribution in [2.75, 3.05) is 13.2 Å². The third-order valence-electron chi connectivity index (χ3n) is 3.04. The summed E-state index contributed by atoms with van der Waals surface area (Å²) in [5, 5.41) is 15.1. The minimum Gasteiger partial charge on any atom is -0.397 e. The van der Waals surface area contributed by atoms with Gasteiger partial charge in [0.15, 0.2) is 0 Å². The van der Waals surface area contributed by atoms with Crippen LogP contribution in [-0.4, -0.2) is 31.5 Å². The van der Waals surface area contributed by atoms with E-state index in [1.165, 1.54) is 19.3 Å². The van der Waals surface area contributed by atoms with Gasteiger partial charge in [0.1, 0.15) is 0 Å². The lowest BCUT2D eigenvalue weighted by Crippen LogP contribution is -2.33. The number of rotatable bonds is 0. The molecular formula is C12H30O2Si. The molecule has 0 spiro atoms. The van der Waals surface area contributed by atoms with E-state index in [0.717, 1.165) is 5.54 Å². The van der Waals surface area contributed by atoms with Crippen LogP contribution in [0.3, 0.4) is 0 Å². The Kier molecular flexibility index (Phi) is 12.4. The molecule has 0 aromatic heterocycles. The smallest absolute Gasteiger partial charge is 0.0502 e. The van der Waals surface area contributed by atoms with E-state index in [4.69, 9.17) is 10.2 Å². The second kappa shape index (κ2) is 10.6. The maximum atomic E-state index is 7.57. The number of aliphatic hydroxyl groups excluding tert-OH is 2. The zero-order chi connectivity index (χ0) is 12.3. The first-order chi connectivity index (χ1) is 6.96. The van der Waals surface area contributed by atoms with Crippen molar-refractivity contribution in [3.63, 3.8) is 0 Å². The van der Waals surface area contributed by atoms with Crippen LogP contribution >= 0.6 is 0 Å². The topological polar surface area (TPSA) is 40.5 Å². The van der Waals surface area contributed by atoms with Crippen molar-refractivity contribution < 1.29 is 10.2 Å². The quantitative estimate of drug-likeness (QED) is 0.632. The summed E-state index contributed by atoms with van der Waals surface area (Å²) in [4.78, 5) is 0. The first-order valence-electron chi connectivity index (χ1n) is 6.17. The fraction of sp³-hybridized carbons (Fsp3) is 1.00. The molecule has 1 heterocycles. The zero-order valence-corrected chi connectivity index (χ0v) is 12.2. The Balaban J connectivity index is 0. The van der Waals surface area contributed by atoms with Crippen molar-refractivity contribution in [2.45, 2.75) is 64.7 Å². The van der Waals surface area contributed by atoms with Gasteiger partial charge in [-0.15, -0.1) is 0 Å². The van der Waals surface area contributed by atoms with Crippen molar-refractivity contribution in [1.82, 2.24) is 0 Å². The van der Waals surface area contributed by atoms with Gasteiger partial charge in [-0.05, 0) is 19.4 Å². The van der Waals surface area contributed by atoms with Gasteiger partial charge in [0.2, 0.25) is 0 Å². The Morgan fingerprint density at radius 2 is 1.47 bits per heavy atom. The highest BCUT2D eigenvalue weighted by atomic mass is 28.3. The third kappa shape index (κ3) is 10.4. The summed E-state index contributed by atoms with van der Waals surface area (Å²) in [6.45, 7) is 11.4. The monoisotopic (exact) mass is 234 g/mol. The van der Waals surface area contributed by atoms with Crippen molar-refractivity contribution in [1.29, 1.82) is 0 Å². The van der Waals surface area contributed by atoms with Crippen LogP contribution in [0, 0.1) is 0 Å². The predicted octanol–water partition coefficient (Wildman–Crippen LogP) is 3.27. The summed E-state index contributed by atoms with van der Waals surface area (Å²) in [5.41, 5.74) is 1.09. The number of aliphatic hydroxyl groups is 2. The summed E-state index contributed by atoms with van der Waals surface area (Å²) in [5.74, 6) is 0. The van der Waals surface area contributed by atoms with E-state index in [9.17, 15) is 0 Å². The molecule has 0 bridgehead atoms. The molecule has 0 aromatic carbocycles. The fourth-order valence-electron chi connectivity index (χ4n) is 1.67. The molecule has 0 radical (unpaired) electrons. The predicted molar refractivity (Wildman–Crippen MR) is 71.1 cm³/mol. The maximum absolute atomic E-state index is 7.57. The fourth-order valence-corrected chi connectivity index (χ4v) is 4.31. The molecule has 1 unspecified atom stereocenters. The van der Waals surface area contributed by atoms with Gasteiger partial charge >= 0.3 is 0 Å². The summed E-state index contributed by atoms with van der Waals surface area (Å²) in [7, 11) is -0.694. The van der Waals surface area contributed by atoms with Gasteiger partial charge in [0.05, 0.1) is 8.07 Å². The molecule has 1 saturated heterocycles. The minimum atomic E-state index is -0.694. The van der Waals surface area contributed by atoms with Crippen molar-refractivity contribution in [3.05, 3.63) is 0 Å². The van der Waals surface area contributed by atoms with Gasteiger partial charge in [-0.25, -0.2) is 0 Å². The number of hydrogen-bond donors (Lipinski definition) is 2. The summed E-state index contributed by atoms with van der Waals surface area (Å²) in [6.07, 6.45) is 4.53. The molecule has 2 nitrogen and oxygen atoms in total. The lowest BCUT2D eigenvalue weighted by molar-refractivity contribution is 0.318. The average Bonchev–Trinajstić information content (AvgIpc) is 2.13. The van der Waals surface area contributed by atoms with E-state index in [-0.39, 0.29) is 13.2 Å². The Morgan fingerprint density at radius 3 is 1.67 bits per heavy atom. The SMILES string of the molecule is CC1CCCC[Si]1(C)C.CCO.CCO. The molecule has 0 aromatic rings. The normalized spacial score (nSPS) is 23.0. The Bertz CT molecular complexity index is 125. The van der Waals surface area contributed by atoms with Crippen LogP contribution in [0.1, 0.15) is 40.0 Å². The van der Waals surface area contributed by atoms with Gasteiger partial charge in [-0.1, -0.05) is 45.3 Å². The second-order valence-corrected chi connectivity index (χ2v) is 10.2. The lowest BCUT2D eigenvalue weighted by Gasteiger charge is -2.34. The highest BCUT2D eigenvalue weighted by Gasteiger charge is 2.30. The second-order valence-electron chi connectivity index (χ2n) is 4.77. The summed E-state index contributed by atoms with van der Waals surface area (Å²) in [6, 6.07) is 1.58. The average molecular weight is 234 g/mol. The van der Waals surface area contributed by atoms with E-state index in [1.54, 1.807) is 19.9 Å². The molecule has 15 heavy (non-hydrogen) atoms. The highest BCUT2D eigenvalue weighted by Crippen LogP contribution is 2.36. The first-order valence-corrected chi connectivity index (χ1v) is 9.46. The van der Waals surface area contributed by atoms with Crippen LogP contribution in [0.5, 0.6) is 0 Å². The standard InChI is InChI=1S/C8H18Si.2C2H6O/c1-8-6-4-5-7-9(8,2)3;2*1-2-3/h8H,4-7H2,1-3H3;2*3H,2H2,1H3. The van der Waals surface area contributed by atoms with Gasteiger partial charge in [0, 0.05) is 13.2 Å². The van der Waals surface area contributed by atoms with Crippen LogP contribution in [0.2, 0.25) is 24.7 Å². The Labute approximate surface area is 96.7 Å². The summed E-state index contributed by atoms with van der Waals surface area (Å²) >= 11 is 0. The number of hydrogen-bond acceptors (Lipinski definition) is 2. The summed E-state index contributed by atoms with van der Waals surface area (Å²) < 4.78 is 0. The van der Waals surface area contributed by atoms with E-state index in [0.29, 0.717) is 0 Å². The molecule has 3 heteroatoms. The third-order valence-corrected chi connectivity index (χ3v) is 7.64. The van der Waals surface area contributed by atoms with Crippen molar-refractivity contribution in [3.8, 4) is 0 Å². The minimum absolute atomic E-state index is 0.250. The van der Waals surface area contributed by atoms with Crippen LogP contribution in [-0.2, 0) is 0 Å². The molecule has 1 fully saturated rings. The van der Waals surface area contributed by atoms with Crippen LogP contribution < -0.4 is 0 Å². The van der Waals surface area contributed by atoms with E-state index in [1.807, 2.05) is 0 Å². The van der Waals surface area contributed by atoms with E-state index < -0.39 is 8.07 Å². The van der Waals surface area contributed by atoms with Gasteiger partial charge in [0.25, 0.3) is 0 Å². The highest BCUT2D eigenvalue weighted by molar-refractivity contribution is 6.78. The maximum Gasteiger partial charge on any atom is 0.0502 e. The first kappa shape index (κ1) is 17.5. The van der Waals surface area contributed by atoms with Gasteiger partial charge in [-0.3, -0.25) is 0 Å². The van der Waals surface area contributed by atoms with Gasteiger partial charge < -0.3 is 10.2 Å². The Morgan fingerprint density at radius 1 is 1.07 bits per heavy atom. The van der Waals surface area contributed by atoms with Crippen LogP contribution in [0.4, 0.5) is 0 Å². The molecule has 0 amide bonds. The van der Waals surface area contributed by atoms with Crippen LogP contribution in [0.15, 0.2) is 0 Å². The molecule has 94 valence electrons. The molecule has 0 aliphatic carbocycles. The van der Waals surface area contributed by atoms with Crippen molar-refractivity contribution in [2.24, 2.45) is 0 Å². The molecule has 1 rings (SSSR count). The van der Waals surface area contributed by atoms with Crippen LogP contribution in [0.25, 0.3) is 0 Å². The molecule has 1 aliphatic rings. The molecule has 2 N–H and O–H groups in total. The van der Waals surface area contributed by atoms with Gasteiger partial charge in [-0.2, -0.15) is 0 Å². The molecule has 1 atom stereocenters. The van der Waals surface area contributed by atoms with Crippen molar-refractivity contribution >= 4 is 8.07 Å². The Hall–Kier alpha value is 0.137. The molecule has 1 aliphatic heterocycles. The largest absolute Gasteiger partial charge is 0.397 e. The van der Waals surface area contributed by atoms with E-state index in [2.05, 4.69) is 20.0 Å². The molecule has 0 saturated carbocycles.